The maximum absolute atomic E-state index is 13.6. The minimum absolute atomic E-state index is 0.0281. The van der Waals surface area contributed by atoms with Crippen LogP contribution in [0.2, 0.25) is 0 Å². The van der Waals surface area contributed by atoms with Gasteiger partial charge >= 0.3 is 12.4 Å². The summed E-state index contributed by atoms with van der Waals surface area (Å²) >= 11 is 2.21. The van der Waals surface area contributed by atoms with Gasteiger partial charge in [0.1, 0.15) is 6.17 Å². The lowest BCUT2D eigenvalue weighted by atomic mass is 10.0. The number of amides is 1. The van der Waals surface area contributed by atoms with Crippen molar-refractivity contribution in [2.75, 3.05) is 16.3 Å². The third-order valence-corrected chi connectivity index (χ3v) is 6.74. The van der Waals surface area contributed by atoms with Crippen molar-refractivity contribution < 1.29 is 36.2 Å². The highest BCUT2D eigenvalue weighted by molar-refractivity contribution is 14.1. The van der Waals surface area contributed by atoms with E-state index in [0.29, 0.717) is 12.5 Å². The molecule has 0 fully saturated rings. The molecule has 3 aromatic rings. The summed E-state index contributed by atoms with van der Waals surface area (Å²) in [5.74, 6) is -1.14. The Morgan fingerprint density at radius 3 is 2.41 bits per heavy atom. The van der Waals surface area contributed by atoms with Gasteiger partial charge in [-0.3, -0.25) is 14.8 Å². The quantitative estimate of drug-likeness (QED) is 0.106. The number of carbonyl (C=O) groups excluding carboxylic acids is 1. The van der Waals surface area contributed by atoms with E-state index >= 15 is 0 Å². The number of aromatic nitrogens is 2. The van der Waals surface area contributed by atoms with E-state index in [1.165, 1.54) is 18.2 Å². The zero-order valence-corrected chi connectivity index (χ0v) is 22.7. The molecule has 7 nitrogen and oxygen atoms in total. The molecule has 1 amide bonds. The normalized spacial score (nSPS) is 14.6. The average molecular weight is 667 g/mol. The van der Waals surface area contributed by atoms with Crippen molar-refractivity contribution in [2.45, 2.75) is 50.3 Å². The number of fused-ring (bicyclic) bond motifs is 1. The minimum atomic E-state index is -4.87. The van der Waals surface area contributed by atoms with Crippen LogP contribution in [-0.2, 0) is 17.1 Å². The highest BCUT2D eigenvalue weighted by atomic mass is 127. The summed E-state index contributed by atoms with van der Waals surface area (Å²) in [5, 5.41) is 29.4. The van der Waals surface area contributed by atoms with Gasteiger partial charge in [-0.05, 0) is 61.1 Å². The molecule has 39 heavy (non-hydrogen) atoms. The summed E-state index contributed by atoms with van der Waals surface area (Å²) in [6.07, 6.45) is -7.54. The predicted molar refractivity (Wildman–Crippen MR) is 140 cm³/mol. The second-order valence-electron chi connectivity index (χ2n) is 8.92. The molecule has 1 heterocycles. The third-order valence-electron chi connectivity index (χ3n) is 5.98. The van der Waals surface area contributed by atoms with Crippen molar-refractivity contribution in [2.24, 2.45) is 0 Å². The molecule has 14 heteroatoms. The van der Waals surface area contributed by atoms with Crippen molar-refractivity contribution in [1.29, 1.82) is 5.26 Å². The van der Waals surface area contributed by atoms with Gasteiger partial charge in [0.15, 0.2) is 5.60 Å². The fourth-order valence-corrected chi connectivity index (χ4v) is 4.50. The van der Waals surface area contributed by atoms with Crippen LogP contribution in [0.1, 0.15) is 49.0 Å². The van der Waals surface area contributed by atoms with Gasteiger partial charge in [-0.2, -0.15) is 36.7 Å². The van der Waals surface area contributed by atoms with Crippen molar-refractivity contribution in [3.05, 3.63) is 59.3 Å². The van der Waals surface area contributed by atoms with Crippen LogP contribution < -0.4 is 10.6 Å². The number of unbranched alkanes of at least 4 members (excludes halogenated alkanes) is 2. The second kappa shape index (κ2) is 12.1. The Hall–Kier alpha value is -2.90. The first-order valence-corrected chi connectivity index (χ1v) is 13.2. The Balaban J connectivity index is 1.98. The van der Waals surface area contributed by atoms with Gasteiger partial charge < -0.3 is 10.4 Å². The molecule has 2 unspecified atom stereocenters. The highest BCUT2D eigenvalue weighted by Crippen LogP contribution is 2.36. The van der Waals surface area contributed by atoms with Gasteiger partial charge in [0, 0.05) is 17.3 Å². The molecular formula is C25H24F6IN5O2. The molecule has 3 N–H and O–H groups in total. The standard InChI is InChI=1S/C25H24F6IN5O2/c1-23(39,22(38)35-16-9-8-15(13-33)19(12-16)25(29,30)31)21(34-11-4-2-3-10-32)37-14-17-18(24(26,27)28)6-5-7-20(17)36-37/h5-9,12,14,21,34,39H,2-4,10-11H2,1H3,(H,35,38). The Kier molecular flexibility index (Phi) is 9.50. The molecule has 0 aliphatic heterocycles. The zero-order chi connectivity index (χ0) is 29.0. The van der Waals surface area contributed by atoms with Crippen molar-refractivity contribution >= 4 is 45.1 Å². The van der Waals surface area contributed by atoms with E-state index in [1.807, 2.05) is 0 Å². The summed E-state index contributed by atoms with van der Waals surface area (Å²) in [5.41, 5.74) is -5.63. The molecule has 1 aromatic heterocycles. The van der Waals surface area contributed by atoms with E-state index in [4.69, 9.17) is 5.26 Å². The van der Waals surface area contributed by atoms with Crippen molar-refractivity contribution in [1.82, 2.24) is 15.1 Å². The maximum Gasteiger partial charge on any atom is 0.417 e. The summed E-state index contributed by atoms with van der Waals surface area (Å²) in [6.45, 7) is 1.35. The molecule has 0 saturated heterocycles. The first-order valence-electron chi connectivity index (χ1n) is 11.7. The molecule has 0 aliphatic rings. The number of aliphatic hydroxyl groups is 1. The fraction of sp³-hybridized carbons (Fsp3) is 0.400. The van der Waals surface area contributed by atoms with Crippen molar-refractivity contribution in [3.63, 3.8) is 0 Å². The smallest absolute Gasteiger partial charge is 0.377 e. The van der Waals surface area contributed by atoms with Gasteiger partial charge in [0.2, 0.25) is 0 Å². The van der Waals surface area contributed by atoms with Crippen LogP contribution in [0, 0.1) is 11.3 Å². The van der Waals surface area contributed by atoms with E-state index in [0.717, 1.165) is 53.3 Å². The molecule has 2 aromatic carbocycles. The Morgan fingerprint density at radius 2 is 1.79 bits per heavy atom. The SMILES string of the molecule is CC(O)(C(=O)Nc1ccc(C#N)c(C(F)(F)F)c1)C(NCCCCCI)n1cc2c(C(F)(F)F)cccc2n1. The Labute approximate surface area is 233 Å². The number of alkyl halides is 7. The van der Waals surface area contributed by atoms with E-state index in [-0.39, 0.29) is 23.1 Å². The molecule has 0 radical (unpaired) electrons. The van der Waals surface area contributed by atoms with E-state index in [1.54, 1.807) is 0 Å². The number of nitrogens with zero attached hydrogens (tertiary/aromatic N) is 3. The predicted octanol–water partition coefficient (Wildman–Crippen LogP) is 6.03. The van der Waals surface area contributed by atoms with Gasteiger partial charge in [0.05, 0.1) is 28.3 Å². The molecule has 210 valence electrons. The first-order chi connectivity index (χ1) is 18.2. The molecule has 2 atom stereocenters. The minimum Gasteiger partial charge on any atom is -0.377 e. The number of nitrogens with one attached hydrogen (secondary N) is 2. The lowest BCUT2D eigenvalue weighted by Gasteiger charge is -2.32. The Morgan fingerprint density at radius 1 is 1.10 bits per heavy atom. The number of hydrogen-bond donors (Lipinski definition) is 3. The molecule has 0 aliphatic carbocycles. The lowest BCUT2D eigenvalue weighted by molar-refractivity contribution is -0.139. The van der Waals surface area contributed by atoms with Crippen LogP contribution in [-0.4, -0.2) is 37.4 Å². The van der Waals surface area contributed by atoms with E-state index < -0.39 is 46.7 Å². The number of halogens is 7. The molecule has 3 rings (SSSR count). The van der Waals surface area contributed by atoms with Crippen LogP contribution in [0.3, 0.4) is 0 Å². The molecule has 0 saturated carbocycles. The first kappa shape index (κ1) is 30.6. The number of benzene rings is 2. The Bertz CT molecular complexity index is 1360. The average Bonchev–Trinajstić information content (AvgIpc) is 3.28. The van der Waals surface area contributed by atoms with Crippen LogP contribution in [0.25, 0.3) is 10.9 Å². The van der Waals surface area contributed by atoms with Gasteiger partial charge in [0.25, 0.3) is 5.91 Å². The largest absolute Gasteiger partial charge is 0.417 e. The zero-order valence-electron chi connectivity index (χ0n) is 20.5. The van der Waals surface area contributed by atoms with E-state index in [2.05, 4.69) is 38.3 Å². The fourth-order valence-electron chi connectivity index (χ4n) is 3.96. The van der Waals surface area contributed by atoms with Crippen LogP contribution in [0.15, 0.2) is 42.6 Å². The van der Waals surface area contributed by atoms with Crippen LogP contribution >= 0.6 is 22.6 Å². The monoisotopic (exact) mass is 667 g/mol. The third kappa shape index (κ3) is 7.20. The number of carbonyl (C=O) groups is 1. The number of anilines is 1. The molecular weight excluding hydrogens is 643 g/mol. The van der Waals surface area contributed by atoms with Gasteiger partial charge in [-0.1, -0.05) is 35.1 Å². The van der Waals surface area contributed by atoms with Crippen LogP contribution in [0.5, 0.6) is 0 Å². The maximum atomic E-state index is 13.6. The van der Waals surface area contributed by atoms with Gasteiger partial charge in [-0.25, -0.2) is 0 Å². The number of hydrogen-bond acceptors (Lipinski definition) is 5. The summed E-state index contributed by atoms with van der Waals surface area (Å²) in [6, 6.07) is 7.38. The topological polar surface area (TPSA) is 103 Å². The number of rotatable bonds is 10. The second-order valence-corrected chi connectivity index (χ2v) is 10.0. The van der Waals surface area contributed by atoms with Gasteiger partial charge in [-0.15, -0.1) is 0 Å². The summed E-state index contributed by atoms with van der Waals surface area (Å²) in [4.78, 5) is 13.2. The number of nitriles is 1. The molecule has 0 bridgehead atoms. The summed E-state index contributed by atoms with van der Waals surface area (Å²) < 4.78 is 82.7. The molecule has 0 spiro atoms. The van der Waals surface area contributed by atoms with Crippen LogP contribution in [0.4, 0.5) is 32.0 Å². The van der Waals surface area contributed by atoms with E-state index in [9.17, 15) is 36.2 Å². The lowest BCUT2D eigenvalue weighted by Crippen LogP contribution is -2.53. The summed E-state index contributed by atoms with van der Waals surface area (Å²) in [7, 11) is 0. The highest BCUT2D eigenvalue weighted by Gasteiger charge is 2.42. The van der Waals surface area contributed by atoms with Crippen molar-refractivity contribution in [3.8, 4) is 6.07 Å².